The van der Waals surface area contributed by atoms with Crippen LogP contribution in [0.3, 0.4) is 0 Å². The number of hydrogen-bond donors (Lipinski definition) is 2. The van der Waals surface area contributed by atoms with Crippen molar-refractivity contribution in [3.05, 3.63) is 203 Å². The second kappa shape index (κ2) is 16.9. The van der Waals surface area contributed by atoms with E-state index < -0.39 is 5.91 Å². The number of ether oxygens (including phenoxy) is 4. The predicted molar refractivity (Wildman–Crippen MR) is 244 cm³/mol. The summed E-state index contributed by atoms with van der Waals surface area (Å²) >= 11 is 0. The summed E-state index contributed by atoms with van der Waals surface area (Å²) in [7, 11) is 1.52. The zero-order valence-electron chi connectivity index (χ0n) is 34.5. The van der Waals surface area contributed by atoms with E-state index in [1.54, 1.807) is 0 Å². The molecule has 10 nitrogen and oxygen atoms in total. The molecule has 0 bridgehead atoms. The fraction of sp³-hybridized carbons (Fsp3) is 0.132. The highest BCUT2D eigenvalue weighted by Gasteiger charge is 2.40. The molecule has 0 radical (unpaired) electrons. The van der Waals surface area contributed by atoms with Crippen LogP contribution in [0.4, 0.5) is 0 Å². The van der Waals surface area contributed by atoms with Crippen molar-refractivity contribution < 1.29 is 33.6 Å². The summed E-state index contributed by atoms with van der Waals surface area (Å²) < 4.78 is 27.1. The van der Waals surface area contributed by atoms with Gasteiger partial charge in [0.15, 0.2) is 11.5 Å². The molecule has 2 aromatic heterocycles. The third kappa shape index (κ3) is 7.62. The summed E-state index contributed by atoms with van der Waals surface area (Å²) in [5, 5.41) is 15.0. The number of imide groups is 1. The zero-order valence-corrected chi connectivity index (χ0v) is 34.5. The van der Waals surface area contributed by atoms with Crippen LogP contribution in [0.2, 0.25) is 0 Å². The molecule has 2 amide bonds. The van der Waals surface area contributed by atoms with Crippen molar-refractivity contribution in [2.45, 2.75) is 33.0 Å². The highest BCUT2D eigenvalue weighted by Crippen LogP contribution is 2.46. The van der Waals surface area contributed by atoms with E-state index in [1.807, 2.05) is 162 Å². The number of fused-ring (bicyclic) bond motifs is 10. The summed E-state index contributed by atoms with van der Waals surface area (Å²) in [4.78, 5) is 33.3. The third-order valence-electron chi connectivity index (χ3n) is 11.6. The standard InChI is InChI=1S/C53H43N3O7/c1-55-52(58)48-46-40-24-22-38(61-30-35-16-8-3-9-17-35)26-42(40)54-50(46)51-47(49(48)53(55)59)41-25-23-39(62-31-36-18-10-4-11-19-36)27-43(41)56(51)28-44(57)45(63-32-37-20-12-5-13-21-37)33-60-29-34-14-6-2-7-15-34/h2-27,54,57H,28-33H2,1H3/b45-44+. The maximum absolute atomic E-state index is 14.3. The Morgan fingerprint density at radius 3 is 1.68 bits per heavy atom. The molecule has 1 aliphatic heterocycles. The molecule has 10 heteroatoms. The number of aliphatic hydroxyl groups is 1. The number of carbonyl (C=O) groups excluding carboxylic acids is 2. The second-order valence-corrected chi connectivity index (χ2v) is 15.7. The molecule has 7 aromatic carbocycles. The van der Waals surface area contributed by atoms with E-state index in [2.05, 4.69) is 4.98 Å². The Morgan fingerprint density at radius 1 is 0.587 bits per heavy atom. The number of rotatable bonds is 15. The van der Waals surface area contributed by atoms with E-state index in [1.165, 1.54) is 11.9 Å². The van der Waals surface area contributed by atoms with Crippen molar-refractivity contribution in [1.29, 1.82) is 0 Å². The molecule has 0 atom stereocenters. The molecule has 0 spiro atoms. The Labute approximate surface area is 363 Å². The highest BCUT2D eigenvalue weighted by atomic mass is 16.5. The summed E-state index contributed by atoms with van der Waals surface area (Å²) in [5.41, 5.74) is 7.28. The smallest absolute Gasteiger partial charge is 0.262 e. The van der Waals surface area contributed by atoms with Crippen LogP contribution in [0.5, 0.6) is 11.5 Å². The molecule has 63 heavy (non-hydrogen) atoms. The summed E-state index contributed by atoms with van der Waals surface area (Å²) in [6.07, 6.45) is 0. The molecule has 0 saturated carbocycles. The maximum Gasteiger partial charge on any atom is 0.262 e. The van der Waals surface area contributed by atoms with Gasteiger partial charge in [-0.15, -0.1) is 0 Å². The minimum absolute atomic E-state index is 0.00311. The zero-order chi connectivity index (χ0) is 42.9. The van der Waals surface area contributed by atoms with Gasteiger partial charge in [0.2, 0.25) is 0 Å². The van der Waals surface area contributed by atoms with Crippen LogP contribution >= 0.6 is 0 Å². The van der Waals surface area contributed by atoms with Gasteiger partial charge in [0.25, 0.3) is 11.8 Å². The van der Waals surface area contributed by atoms with E-state index in [-0.39, 0.29) is 37.2 Å². The number of hydrogen-bond acceptors (Lipinski definition) is 7. The molecular weight excluding hydrogens is 791 g/mol. The molecule has 0 aliphatic carbocycles. The molecule has 312 valence electrons. The van der Waals surface area contributed by atoms with Gasteiger partial charge in [0.1, 0.15) is 37.9 Å². The largest absolute Gasteiger partial charge is 0.507 e. The molecule has 0 unspecified atom stereocenters. The van der Waals surface area contributed by atoms with Gasteiger partial charge in [0, 0.05) is 40.7 Å². The number of H-pyrrole nitrogens is 1. The lowest BCUT2D eigenvalue weighted by Gasteiger charge is -2.16. The molecule has 10 rings (SSSR count). The Hall–Kier alpha value is -7.82. The van der Waals surface area contributed by atoms with Crippen molar-refractivity contribution in [3.8, 4) is 11.5 Å². The summed E-state index contributed by atoms with van der Waals surface area (Å²) in [5.74, 6) is 0.655. The van der Waals surface area contributed by atoms with Gasteiger partial charge in [-0.2, -0.15) is 0 Å². The van der Waals surface area contributed by atoms with E-state index in [0.717, 1.165) is 38.5 Å². The van der Waals surface area contributed by atoms with Crippen LogP contribution in [0.15, 0.2) is 169 Å². The van der Waals surface area contributed by atoms with E-state index in [0.29, 0.717) is 69.8 Å². The highest BCUT2D eigenvalue weighted by molar-refractivity contribution is 6.39. The number of carbonyl (C=O) groups is 2. The minimum Gasteiger partial charge on any atom is -0.507 e. The Kier molecular flexibility index (Phi) is 10.6. The van der Waals surface area contributed by atoms with E-state index in [9.17, 15) is 14.7 Å². The van der Waals surface area contributed by atoms with Gasteiger partial charge in [-0.05, 0) is 46.5 Å². The van der Waals surface area contributed by atoms with Gasteiger partial charge < -0.3 is 33.6 Å². The molecule has 0 fully saturated rings. The normalized spacial score (nSPS) is 13.0. The first-order valence-corrected chi connectivity index (χ1v) is 20.8. The Bertz CT molecular complexity index is 3180. The molecule has 3 heterocycles. The van der Waals surface area contributed by atoms with Gasteiger partial charge >= 0.3 is 0 Å². The van der Waals surface area contributed by atoms with Crippen molar-refractivity contribution in [2.24, 2.45) is 0 Å². The first-order valence-electron chi connectivity index (χ1n) is 20.8. The van der Waals surface area contributed by atoms with Crippen LogP contribution in [-0.4, -0.2) is 45.0 Å². The lowest BCUT2D eigenvalue weighted by Crippen LogP contribution is -2.24. The summed E-state index contributed by atoms with van der Waals surface area (Å²) in [6, 6.07) is 50.8. The van der Waals surface area contributed by atoms with Gasteiger partial charge in [-0.1, -0.05) is 121 Å². The first kappa shape index (κ1) is 39.3. The quantitative estimate of drug-likeness (QED) is 0.0780. The van der Waals surface area contributed by atoms with Crippen molar-refractivity contribution >= 4 is 55.4 Å². The van der Waals surface area contributed by atoms with Crippen molar-refractivity contribution in [2.75, 3.05) is 13.7 Å². The lowest BCUT2D eigenvalue weighted by molar-refractivity contribution is 0.0694. The SMILES string of the molecule is CN1C(=O)c2c(c3c4ccc(OCc5ccccc5)cc4n(C/C(O)=C(/COCc4ccccc4)OCc4ccccc4)c3c3[nH]c4cc(OCc5ccccc5)ccc4c23)C1=O. The topological polar surface area (TPSA) is 115 Å². The monoisotopic (exact) mass is 833 g/mol. The fourth-order valence-electron chi connectivity index (χ4n) is 8.41. The number of aromatic amines is 1. The number of amides is 2. The Morgan fingerprint density at radius 2 is 1.10 bits per heavy atom. The van der Waals surface area contributed by atoms with E-state index in [4.69, 9.17) is 18.9 Å². The average molecular weight is 834 g/mol. The second-order valence-electron chi connectivity index (χ2n) is 15.7. The molecule has 2 N–H and O–H groups in total. The molecule has 0 saturated heterocycles. The number of aromatic nitrogens is 2. The van der Waals surface area contributed by atoms with Gasteiger partial charge in [-0.3, -0.25) is 14.5 Å². The number of nitrogens with zero attached hydrogens (tertiary/aromatic N) is 2. The average Bonchev–Trinajstić information content (AvgIpc) is 3.93. The number of aliphatic hydroxyl groups excluding tert-OH is 1. The van der Waals surface area contributed by atoms with Crippen LogP contribution in [-0.2, 0) is 42.4 Å². The van der Waals surface area contributed by atoms with Gasteiger partial charge in [-0.25, -0.2) is 0 Å². The van der Waals surface area contributed by atoms with E-state index >= 15 is 0 Å². The minimum atomic E-state index is -0.400. The van der Waals surface area contributed by atoms with Crippen LogP contribution in [0.25, 0.3) is 43.6 Å². The van der Waals surface area contributed by atoms with Crippen LogP contribution < -0.4 is 9.47 Å². The summed E-state index contributed by atoms with van der Waals surface area (Å²) in [6.45, 7) is 1.16. The number of benzene rings is 7. The lowest BCUT2D eigenvalue weighted by atomic mass is 9.96. The fourth-order valence-corrected chi connectivity index (χ4v) is 8.41. The Balaban J connectivity index is 1.15. The first-order chi connectivity index (χ1) is 30.9. The van der Waals surface area contributed by atoms with Crippen LogP contribution in [0.1, 0.15) is 43.0 Å². The molecular formula is C53H43N3O7. The maximum atomic E-state index is 14.3. The molecule has 1 aliphatic rings. The van der Waals surface area contributed by atoms with Crippen LogP contribution in [0, 0.1) is 0 Å². The van der Waals surface area contributed by atoms with Crippen molar-refractivity contribution in [1.82, 2.24) is 14.5 Å². The third-order valence-corrected chi connectivity index (χ3v) is 11.6. The number of nitrogens with one attached hydrogen (secondary N) is 1. The van der Waals surface area contributed by atoms with Crippen molar-refractivity contribution in [3.63, 3.8) is 0 Å². The van der Waals surface area contributed by atoms with Gasteiger partial charge in [0.05, 0.1) is 46.3 Å². The number of allylic oxidation sites excluding steroid dienone is 1. The molecule has 9 aromatic rings. The predicted octanol–water partition coefficient (Wildman–Crippen LogP) is 11.0.